The van der Waals surface area contributed by atoms with Gasteiger partial charge in [-0.3, -0.25) is 4.99 Å². The maximum atomic E-state index is 5.00. The summed E-state index contributed by atoms with van der Waals surface area (Å²) in [4.78, 5) is 4.01. The van der Waals surface area contributed by atoms with Crippen molar-refractivity contribution >= 4 is 5.90 Å². The third kappa shape index (κ3) is 5.07. The molecule has 0 bridgehead atoms. The lowest BCUT2D eigenvalue weighted by molar-refractivity contribution is 0.465. The molecule has 2 heteroatoms. The Labute approximate surface area is 56.2 Å². The Balaban J connectivity index is 3.49. The van der Waals surface area contributed by atoms with E-state index in [0.29, 0.717) is 0 Å². The predicted octanol–water partition coefficient (Wildman–Crippen LogP) is 1.97. The van der Waals surface area contributed by atoms with Crippen molar-refractivity contribution in [3.63, 3.8) is 0 Å². The van der Waals surface area contributed by atoms with Gasteiger partial charge in [0.1, 0.15) is 0 Å². The van der Waals surface area contributed by atoms with E-state index < -0.39 is 0 Å². The monoisotopic (exact) mass is 127 g/mol. The number of rotatable bonds is 2. The molecule has 2 nitrogen and oxygen atoms in total. The molecule has 0 aliphatic heterocycles. The van der Waals surface area contributed by atoms with Gasteiger partial charge >= 0.3 is 0 Å². The molecule has 0 aromatic rings. The first-order chi connectivity index (χ1) is 4.31. The standard InChI is InChI=1S/C7H13NO/c1-4-6-9-7(3)8-5-2/h4,6H,5H2,1-3H3/b6-4-,8-7?. The van der Waals surface area contributed by atoms with Gasteiger partial charge in [-0.15, -0.1) is 0 Å². The normalized spacial score (nSPS) is 12.6. The van der Waals surface area contributed by atoms with Crippen LogP contribution in [0.25, 0.3) is 0 Å². The average Bonchev–Trinajstić information content (AvgIpc) is 1.85. The molecule has 9 heavy (non-hydrogen) atoms. The smallest absolute Gasteiger partial charge is 0.186 e. The van der Waals surface area contributed by atoms with E-state index in [4.69, 9.17) is 4.74 Å². The van der Waals surface area contributed by atoms with Crippen molar-refractivity contribution in [1.82, 2.24) is 0 Å². The van der Waals surface area contributed by atoms with Gasteiger partial charge in [0.15, 0.2) is 5.90 Å². The summed E-state index contributed by atoms with van der Waals surface area (Å²) in [5, 5.41) is 0. The van der Waals surface area contributed by atoms with Gasteiger partial charge in [0.25, 0.3) is 0 Å². The topological polar surface area (TPSA) is 21.6 Å². The molecular weight excluding hydrogens is 114 g/mol. The molecule has 0 aliphatic rings. The third-order valence-electron chi connectivity index (χ3n) is 0.755. The average molecular weight is 127 g/mol. The second kappa shape index (κ2) is 5.35. The number of allylic oxidation sites excluding steroid dienone is 1. The van der Waals surface area contributed by atoms with Gasteiger partial charge in [0.05, 0.1) is 6.26 Å². The Morgan fingerprint density at radius 2 is 2.33 bits per heavy atom. The lowest BCUT2D eigenvalue weighted by atomic mass is 10.7. The van der Waals surface area contributed by atoms with Crippen molar-refractivity contribution in [2.24, 2.45) is 4.99 Å². The number of aliphatic imine (C=N–C) groups is 1. The van der Waals surface area contributed by atoms with Crippen molar-refractivity contribution in [3.05, 3.63) is 12.3 Å². The molecule has 0 saturated heterocycles. The van der Waals surface area contributed by atoms with Crippen LogP contribution in [0.5, 0.6) is 0 Å². The molecule has 0 heterocycles. The third-order valence-corrected chi connectivity index (χ3v) is 0.755. The Morgan fingerprint density at radius 1 is 1.67 bits per heavy atom. The van der Waals surface area contributed by atoms with Gasteiger partial charge in [-0.25, -0.2) is 0 Å². The molecular formula is C7H13NO. The highest BCUT2D eigenvalue weighted by molar-refractivity contribution is 5.73. The summed E-state index contributed by atoms with van der Waals surface area (Å²) < 4.78 is 5.00. The van der Waals surface area contributed by atoms with E-state index >= 15 is 0 Å². The summed E-state index contributed by atoms with van der Waals surface area (Å²) in [6.07, 6.45) is 3.45. The van der Waals surface area contributed by atoms with Crippen LogP contribution in [-0.4, -0.2) is 12.4 Å². The quantitative estimate of drug-likeness (QED) is 0.316. The molecule has 0 atom stereocenters. The van der Waals surface area contributed by atoms with Crippen LogP contribution in [0.1, 0.15) is 20.8 Å². The maximum absolute atomic E-state index is 5.00. The zero-order valence-electron chi connectivity index (χ0n) is 6.22. The lowest BCUT2D eigenvalue weighted by Crippen LogP contribution is -1.92. The van der Waals surface area contributed by atoms with Gasteiger partial charge < -0.3 is 4.74 Å². The van der Waals surface area contributed by atoms with Crippen molar-refractivity contribution < 1.29 is 4.74 Å². The van der Waals surface area contributed by atoms with Gasteiger partial charge in [-0.1, -0.05) is 6.08 Å². The second-order valence-electron chi connectivity index (χ2n) is 1.58. The number of hydrogen-bond donors (Lipinski definition) is 0. The van der Waals surface area contributed by atoms with E-state index in [1.165, 1.54) is 0 Å². The molecule has 0 aromatic carbocycles. The molecule has 0 N–H and O–H groups in total. The second-order valence-corrected chi connectivity index (χ2v) is 1.58. The van der Waals surface area contributed by atoms with Gasteiger partial charge in [0.2, 0.25) is 0 Å². The van der Waals surface area contributed by atoms with Gasteiger partial charge in [-0.2, -0.15) is 0 Å². The molecule has 0 unspecified atom stereocenters. The minimum Gasteiger partial charge on any atom is -0.452 e. The predicted molar refractivity (Wildman–Crippen MR) is 39.5 cm³/mol. The van der Waals surface area contributed by atoms with Crippen LogP contribution >= 0.6 is 0 Å². The molecule has 0 aromatic heterocycles. The first kappa shape index (κ1) is 8.21. The summed E-state index contributed by atoms with van der Waals surface area (Å²) in [5.74, 6) is 0.718. The van der Waals surface area contributed by atoms with Crippen LogP contribution in [0.15, 0.2) is 17.3 Å². The van der Waals surface area contributed by atoms with E-state index in [-0.39, 0.29) is 0 Å². The Hall–Kier alpha value is -0.790. The van der Waals surface area contributed by atoms with Crippen molar-refractivity contribution in [1.29, 1.82) is 0 Å². The van der Waals surface area contributed by atoms with Crippen LogP contribution in [-0.2, 0) is 4.74 Å². The fraction of sp³-hybridized carbons (Fsp3) is 0.571. The largest absolute Gasteiger partial charge is 0.452 e. The van der Waals surface area contributed by atoms with E-state index in [1.54, 1.807) is 6.26 Å². The fourth-order valence-electron chi connectivity index (χ4n) is 0.426. The van der Waals surface area contributed by atoms with Gasteiger partial charge in [0, 0.05) is 13.5 Å². The van der Waals surface area contributed by atoms with Crippen LogP contribution in [0.2, 0.25) is 0 Å². The molecule has 0 fully saturated rings. The van der Waals surface area contributed by atoms with E-state index in [9.17, 15) is 0 Å². The van der Waals surface area contributed by atoms with Crippen LogP contribution in [0.4, 0.5) is 0 Å². The molecule has 0 spiro atoms. The first-order valence-corrected chi connectivity index (χ1v) is 3.10. The zero-order chi connectivity index (χ0) is 7.11. The van der Waals surface area contributed by atoms with Crippen LogP contribution in [0.3, 0.4) is 0 Å². The minimum absolute atomic E-state index is 0.718. The summed E-state index contributed by atoms with van der Waals surface area (Å²) in [5.41, 5.74) is 0. The summed E-state index contributed by atoms with van der Waals surface area (Å²) in [6.45, 7) is 6.49. The van der Waals surface area contributed by atoms with Crippen molar-refractivity contribution in [2.45, 2.75) is 20.8 Å². The highest BCUT2D eigenvalue weighted by atomic mass is 16.5. The number of ether oxygens (including phenoxy) is 1. The Kier molecular flexibility index (Phi) is 4.88. The maximum Gasteiger partial charge on any atom is 0.186 e. The van der Waals surface area contributed by atoms with Gasteiger partial charge in [-0.05, 0) is 13.8 Å². The minimum atomic E-state index is 0.718. The molecule has 52 valence electrons. The van der Waals surface area contributed by atoms with Crippen molar-refractivity contribution in [3.8, 4) is 0 Å². The molecule has 0 aliphatic carbocycles. The molecule has 0 saturated carbocycles. The highest BCUT2D eigenvalue weighted by Crippen LogP contribution is 1.82. The number of hydrogen-bond acceptors (Lipinski definition) is 2. The SMILES string of the molecule is C/C=C\OC(C)=NCC. The molecule has 0 amide bonds. The Bertz CT molecular complexity index is 116. The Morgan fingerprint density at radius 3 is 2.78 bits per heavy atom. The summed E-state index contributed by atoms with van der Waals surface area (Å²) in [7, 11) is 0. The molecule has 0 rings (SSSR count). The fourth-order valence-corrected chi connectivity index (χ4v) is 0.426. The summed E-state index contributed by atoms with van der Waals surface area (Å²) >= 11 is 0. The summed E-state index contributed by atoms with van der Waals surface area (Å²) in [6, 6.07) is 0. The first-order valence-electron chi connectivity index (χ1n) is 3.10. The van der Waals surface area contributed by atoms with Crippen LogP contribution in [0, 0.1) is 0 Å². The highest BCUT2D eigenvalue weighted by Gasteiger charge is 1.81. The van der Waals surface area contributed by atoms with E-state index in [1.807, 2.05) is 26.8 Å². The van der Waals surface area contributed by atoms with E-state index in [2.05, 4.69) is 4.99 Å². The van der Waals surface area contributed by atoms with Crippen LogP contribution < -0.4 is 0 Å². The van der Waals surface area contributed by atoms with Crippen molar-refractivity contribution in [2.75, 3.05) is 6.54 Å². The molecule has 0 radical (unpaired) electrons. The lowest BCUT2D eigenvalue weighted by Gasteiger charge is -1.94. The zero-order valence-corrected chi connectivity index (χ0v) is 6.22. The number of nitrogens with zero attached hydrogens (tertiary/aromatic N) is 1. The van der Waals surface area contributed by atoms with E-state index in [0.717, 1.165) is 12.4 Å².